The molecule has 0 saturated carbocycles. The molecule has 0 aliphatic rings. The highest BCUT2D eigenvalue weighted by atomic mass is 35.5. The van der Waals surface area contributed by atoms with Crippen molar-refractivity contribution in [3.05, 3.63) is 46.2 Å². The second kappa shape index (κ2) is 6.18. The van der Waals surface area contributed by atoms with Gasteiger partial charge in [-0.2, -0.15) is 5.10 Å². The summed E-state index contributed by atoms with van der Waals surface area (Å²) in [5.74, 6) is -0.234. The van der Waals surface area contributed by atoms with Crippen molar-refractivity contribution in [2.24, 2.45) is 0 Å². The van der Waals surface area contributed by atoms with Crippen LogP contribution in [0.25, 0.3) is 0 Å². The Hall–Kier alpha value is -2.01. The summed E-state index contributed by atoms with van der Waals surface area (Å²) in [5.41, 5.74) is 8.39. The molecule has 0 aliphatic carbocycles. The maximum absolute atomic E-state index is 12.4. The number of hydrogen-bond donors (Lipinski definition) is 2. The second-order valence-electron chi connectivity index (χ2n) is 4.91. The topological polar surface area (TPSA) is 72.9 Å². The fraction of sp³-hybridized carbons (Fsp3) is 0.333. The van der Waals surface area contributed by atoms with Gasteiger partial charge in [-0.05, 0) is 38.5 Å². The van der Waals surface area contributed by atoms with Crippen LogP contribution in [0.1, 0.15) is 41.6 Å². The van der Waals surface area contributed by atoms with E-state index < -0.39 is 0 Å². The van der Waals surface area contributed by atoms with Crippen molar-refractivity contribution < 1.29 is 4.79 Å². The van der Waals surface area contributed by atoms with Crippen LogP contribution in [0.5, 0.6) is 0 Å². The number of aryl methyl sites for hydroxylation is 2. The molecule has 5 nitrogen and oxygen atoms in total. The molecule has 1 aromatic carbocycles. The summed E-state index contributed by atoms with van der Waals surface area (Å²) in [6, 6.07) is 7.24. The number of nitrogens with one attached hydrogen (secondary N) is 1. The van der Waals surface area contributed by atoms with Crippen LogP contribution in [-0.2, 0) is 6.54 Å². The third-order valence-electron chi connectivity index (χ3n) is 3.38. The summed E-state index contributed by atoms with van der Waals surface area (Å²) in [4.78, 5) is 12.4. The highest BCUT2D eigenvalue weighted by Crippen LogP contribution is 2.20. The van der Waals surface area contributed by atoms with Crippen molar-refractivity contribution in [1.82, 2.24) is 15.1 Å². The first-order valence-electron chi connectivity index (χ1n) is 6.83. The predicted molar refractivity (Wildman–Crippen MR) is 84.4 cm³/mol. The molecule has 21 heavy (non-hydrogen) atoms. The molecule has 0 spiro atoms. The lowest BCUT2D eigenvalue weighted by Crippen LogP contribution is -2.29. The lowest BCUT2D eigenvalue weighted by molar-refractivity contribution is 0.0930. The van der Waals surface area contributed by atoms with Crippen LogP contribution in [0.3, 0.4) is 0 Å². The highest BCUT2D eigenvalue weighted by Gasteiger charge is 2.20. The number of rotatable bonds is 4. The Morgan fingerprint density at radius 2 is 2.24 bits per heavy atom. The molecule has 0 fully saturated rings. The minimum atomic E-state index is -0.234. The zero-order chi connectivity index (χ0) is 15.6. The van der Waals surface area contributed by atoms with E-state index in [0.717, 1.165) is 5.56 Å². The molecular formula is C15H19ClN4O. The van der Waals surface area contributed by atoms with Crippen LogP contribution in [0.2, 0.25) is 5.02 Å². The number of carbonyl (C=O) groups excluding carboxylic acids is 1. The largest absolute Gasteiger partial charge is 0.395 e. The zero-order valence-electron chi connectivity index (χ0n) is 12.4. The summed E-state index contributed by atoms with van der Waals surface area (Å²) in [5, 5.41) is 7.83. The Morgan fingerprint density at radius 1 is 1.52 bits per heavy atom. The average molecular weight is 307 g/mol. The van der Waals surface area contributed by atoms with Gasteiger partial charge in [0.2, 0.25) is 0 Å². The minimum absolute atomic E-state index is 0.170. The number of anilines is 1. The molecule has 1 amide bonds. The van der Waals surface area contributed by atoms with Crippen molar-refractivity contribution in [3.63, 3.8) is 0 Å². The molecule has 2 aromatic rings. The number of carbonyl (C=O) groups is 1. The predicted octanol–water partition coefficient (Wildman–Crippen LogP) is 2.94. The number of halogens is 1. The first-order chi connectivity index (χ1) is 9.93. The van der Waals surface area contributed by atoms with Gasteiger partial charge in [-0.15, -0.1) is 0 Å². The Morgan fingerprint density at radius 3 is 2.86 bits per heavy atom. The molecule has 1 aromatic heterocycles. The van der Waals surface area contributed by atoms with Gasteiger partial charge < -0.3 is 11.1 Å². The van der Waals surface area contributed by atoms with E-state index in [2.05, 4.69) is 10.4 Å². The van der Waals surface area contributed by atoms with Gasteiger partial charge in [-0.3, -0.25) is 9.48 Å². The molecule has 112 valence electrons. The van der Waals surface area contributed by atoms with E-state index >= 15 is 0 Å². The van der Waals surface area contributed by atoms with Gasteiger partial charge in [-0.25, -0.2) is 0 Å². The smallest absolute Gasteiger partial charge is 0.272 e. The summed E-state index contributed by atoms with van der Waals surface area (Å²) in [6.07, 6.45) is 0. The summed E-state index contributed by atoms with van der Waals surface area (Å²) in [7, 11) is 0. The van der Waals surface area contributed by atoms with Crippen molar-refractivity contribution >= 4 is 23.2 Å². The van der Waals surface area contributed by atoms with Crippen LogP contribution < -0.4 is 11.1 Å². The molecule has 0 radical (unpaired) electrons. The molecule has 1 atom stereocenters. The Bertz CT molecular complexity index is 666. The van der Waals surface area contributed by atoms with Crippen LogP contribution in [-0.4, -0.2) is 15.7 Å². The number of nitrogen functional groups attached to an aromatic ring is 1. The molecule has 3 N–H and O–H groups in total. The normalized spacial score (nSPS) is 12.2. The van der Waals surface area contributed by atoms with Gasteiger partial charge in [0.15, 0.2) is 0 Å². The van der Waals surface area contributed by atoms with Crippen LogP contribution in [0, 0.1) is 6.92 Å². The first-order valence-corrected chi connectivity index (χ1v) is 7.21. The van der Waals surface area contributed by atoms with E-state index in [1.54, 1.807) is 17.7 Å². The maximum atomic E-state index is 12.4. The molecule has 0 saturated heterocycles. The van der Waals surface area contributed by atoms with E-state index in [-0.39, 0.29) is 11.9 Å². The summed E-state index contributed by atoms with van der Waals surface area (Å²) in [6.45, 7) is 6.20. The Balaban J connectivity index is 2.22. The van der Waals surface area contributed by atoms with Crippen LogP contribution in [0.4, 0.5) is 5.69 Å². The van der Waals surface area contributed by atoms with Gasteiger partial charge in [0.05, 0.1) is 17.4 Å². The molecule has 0 bridgehead atoms. The lowest BCUT2D eigenvalue weighted by Gasteiger charge is -2.15. The molecule has 0 aliphatic heterocycles. The van der Waals surface area contributed by atoms with Crippen LogP contribution in [0.15, 0.2) is 24.3 Å². The van der Waals surface area contributed by atoms with Crippen molar-refractivity contribution in [1.29, 1.82) is 0 Å². The monoisotopic (exact) mass is 306 g/mol. The van der Waals surface area contributed by atoms with E-state index in [9.17, 15) is 4.79 Å². The lowest BCUT2D eigenvalue weighted by atomic mass is 10.1. The molecular weight excluding hydrogens is 288 g/mol. The van der Waals surface area contributed by atoms with E-state index in [1.165, 1.54) is 0 Å². The van der Waals surface area contributed by atoms with Gasteiger partial charge >= 0.3 is 0 Å². The Kier molecular flexibility index (Phi) is 4.53. The first kappa shape index (κ1) is 15.4. The quantitative estimate of drug-likeness (QED) is 0.912. The third-order valence-corrected chi connectivity index (χ3v) is 3.62. The second-order valence-corrected chi connectivity index (χ2v) is 5.35. The number of hydrogen-bond acceptors (Lipinski definition) is 3. The average Bonchev–Trinajstić information content (AvgIpc) is 2.74. The van der Waals surface area contributed by atoms with E-state index in [0.29, 0.717) is 28.6 Å². The minimum Gasteiger partial charge on any atom is -0.395 e. The van der Waals surface area contributed by atoms with E-state index in [1.807, 2.05) is 32.0 Å². The van der Waals surface area contributed by atoms with Crippen molar-refractivity contribution in [2.45, 2.75) is 33.4 Å². The summed E-state index contributed by atoms with van der Waals surface area (Å²) < 4.78 is 1.62. The van der Waals surface area contributed by atoms with Gasteiger partial charge in [0.25, 0.3) is 5.91 Å². The number of nitrogens with two attached hydrogens (primary N) is 1. The van der Waals surface area contributed by atoms with Gasteiger partial charge in [0, 0.05) is 11.6 Å². The maximum Gasteiger partial charge on any atom is 0.272 e. The zero-order valence-corrected chi connectivity index (χ0v) is 13.1. The SMILES string of the molecule is CCn1nc(C)c(N)c1C(=O)NC(C)c1cccc(Cl)c1. The van der Waals surface area contributed by atoms with Crippen molar-refractivity contribution in [3.8, 4) is 0 Å². The number of amides is 1. The fourth-order valence-corrected chi connectivity index (χ4v) is 2.39. The van der Waals surface area contributed by atoms with Gasteiger partial charge in [-0.1, -0.05) is 23.7 Å². The molecule has 2 rings (SSSR count). The van der Waals surface area contributed by atoms with E-state index in [4.69, 9.17) is 17.3 Å². The molecule has 6 heteroatoms. The summed E-state index contributed by atoms with van der Waals surface area (Å²) >= 11 is 5.97. The highest BCUT2D eigenvalue weighted by molar-refractivity contribution is 6.30. The standard InChI is InChI=1S/C15H19ClN4O/c1-4-20-14(13(17)10(3)19-20)15(21)18-9(2)11-6-5-7-12(16)8-11/h5-9H,4,17H2,1-3H3,(H,18,21). The number of benzene rings is 1. The third kappa shape index (κ3) is 3.19. The molecule has 1 unspecified atom stereocenters. The van der Waals surface area contributed by atoms with Crippen LogP contribution >= 0.6 is 11.6 Å². The fourth-order valence-electron chi connectivity index (χ4n) is 2.19. The number of aromatic nitrogens is 2. The van der Waals surface area contributed by atoms with Gasteiger partial charge in [0.1, 0.15) is 5.69 Å². The number of nitrogens with zero attached hydrogens (tertiary/aromatic N) is 2. The Labute approximate surface area is 129 Å². The molecule has 1 heterocycles. The van der Waals surface area contributed by atoms with Crippen molar-refractivity contribution in [2.75, 3.05) is 5.73 Å².